The third-order valence-electron chi connectivity index (χ3n) is 3.26. The van der Waals surface area contributed by atoms with Gasteiger partial charge in [-0.05, 0) is 44.2 Å². The zero-order valence-electron chi connectivity index (χ0n) is 11.9. The Hall–Kier alpha value is -2.75. The van der Waals surface area contributed by atoms with Gasteiger partial charge in [-0.3, -0.25) is 14.8 Å². The zero-order valence-corrected chi connectivity index (χ0v) is 11.9. The number of amides is 1. The molecule has 0 atom stereocenters. The van der Waals surface area contributed by atoms with E-state index < -0.39 is 0 Å². The van der Waals surface area contributed by atoms with Crippen LogP contribution in [0.2, 0.25) is 0 Å². The predicted octanol–water partition coefficient (Wildman–Crippen LogP) is 3.50. The van der Waals surface area contributed by atoms with E-state index in [0.717, 1.165) is 22.2 Å². The summed E-state index contributed by atoms with van der Waals surface area (Å²) in [5, 5.41) is 3.73. The van der Waals surface area contributed by atoms with Crippen LogP contribution in [0.5, 0.6) is 0 Å². The lowest BCUT2D eigenvalue weighted by molar-refractivity contribution is 0.102. The largest absolute Gasteiger partial charge is 0.321 e. The summed E-state index contributed by atoms with van der Waals surface area (Å²) in [5.41, 5.74) is 4.06. The maximum Gasteiger partial charge on any atom is 0.256 e. The maximum atomic E-state index is 12.5. The second kappa shape index (κ2) is 5.32. The van der Waals surface area contributed by atoms with E-state index in [2.05, 4.69) is 15.3 Å². The van der Waals surface area contributed by atoms with Gasteiger partial charge < -0.3 is 5.32 Å². The summed E-state index contributed by atoms with van der Waals surface area (Å²) in [6.45, 7) is 3.89. The molecule has 0 fully saturated rings. The van der Waals surface area contributed by atoms with Crippen molar-refractivity contribution in [3.05, 3.63) is 65.6 Å². The quantitative estimate of drug-likeness (QED) is 0.780. The van der Waals surface area contributed by atoms with Crippen LogP contribution in [0, 0.1) is 13.8 Å². The normalized spacial score (nSPS) is 10.6. The number of nitrogens with one attached hydrogen (secondary N) is 1. The highest BCUT2D eigenvalue weighted by Gasteiger charge is 2.12. The molecule has 0 saturated carbocycles. The van der Waals surface area contributed by atoms with Gasteiger partial charge in [0.2, 0.25) is 0 Å². The smallest absolute Gasteiger partial charge is 0.256 e. The number of hydrogen-bond donors (Lipinski definition) is 1. The first-order valence-electron chi connectivity index (χ1n) is 6.73. The molecule has 1 N–H and O–H groups in total. The number of carbonyl (C=O) groups is 1. The molecule has 0 spiro atoms. The van der Waals surface area contributed by atoms with Crippen molar-refractivity contribution < 1.29 is 4.79 Å². The van der Waals surface area contributed by atoms with Gasteiger partial charge in [-0.15, -0.1) is 0 Å². The van der Waals surface area contributed by atoms with Crippen molar-refractivity contribution in [2.24, 2.45) is 0 Å². The molecule has 4 heteroatoms. The molecule has 0 aliphatic heterocycles. The van der Waals surface area contributed by atoms with Gasteiger partial charge in [0.05, 0.1) is 23.0 Å². The first-order valence-corrected chi connectivity index (χ1v) is 6.73. The monoisotopic (exact) mass is 277 g/mol. The Labute approximate surface area is 122 Å². The first kappa shape index (κ1) is 13.2. The lowest BCUT2D eigenvalue weighted by atomic mass is 10.0. The maximum absolute atomic E-state index is 12.5. The van der Waals surface area contributed by atoms with E-state index >= 15 is 0 Å². The van der Waals surface area contributed by atoms with Crippen LogP contribution in [0.4, 0.5) is 5.69 Å². The van der Waals surface area contributed by atoms with Crippen LogP contribution in [0.1, 0.15) is 21.6 Å². The molecule has 21 heavy (non-hydrogen) atoms. The Morgan fingerprint density at radius 2 is 2.00 bits per heavy atom. The highest BCUT2D eigenvalue weighted by atomic mass is 16.1. The molecule has 0 aliphatic rings. The minimum Gasteiger partial charge on any atom is -0.321 e. The number of pyridine rings is 2. The summed E-state index contributed by atoms with van der Waals surface area (Å²) in [4.78, 5) is 21.0. The standard InChI is InChI=1S/C17H15N3O/c1-11-5-6-16-14(8-11)15(9-12(2)19-16)17(21)20-13-4-3-7-18-10-13/h3-10H,1-2H3,(H,20,21). The van der Waals surface area contributed by atoms with E-state index in [0.29, 0.717) is 11.3 Å². The molecule has 104 valence electrons. The minimum atomic E-state index is -0.149. The van der Waals surface area contributed by atoms with Crippen LogP contribution in [-0.4, -0.2) is 15.9 Å². The Bertz CT molecular complexity index is 813. The summed E-state index contributed by atoms with van der Waals surface area (Å²) < 4.78 is 0. The van der Waals surface area contributed by atoms with E-state index in [-0.39, 0.29) is 5.91 Å². The van der Waals surface area contributed by atoms with Crippen LogP contribution in [0.25, 0.3) is 10.9 Å². The number of aryl methyl sites for hydroxylation is 2. The number of carbonyl (C=O) groups excluding carboxylic acids is 1. The predicted molar refractivity (Wildman–Crippen MR) is 83.4 cm³/mol. The molecule has 2 aromatic heterocycles. The summed E-state index contributed by atoms with van der Waals surface area (Å²) in [7, 11) is 0. The molecule has 1 amide bonds. The number of aromatic nitrogens is 2. The van der Waals surface area contributed by atoms with Crippen molar-refractivity contribution in [1.29, 1.82) is 0 Å². The molecule has 0 bridgehead atoms. The lowest BCUT2D eigenvalue weighted by Gasteiger charge is -2.09. The summed E-state index contributed by atoms with van der Waals surface area (Å²) in [6, 6.07) is 11.3. The van der Waals surface area contributed by atoms with Gasteiger partial charge in [-0.25, -0.2) is 0 Å². The van der Waals surface area contributed by atoms with Gasteiger partial charge in [0.25, 0.3) is 5.91 Å². The van der Waals surface area contributed by atoms with Gasteiger partial charge >= 0.3 is 0 Å². The van der Waals surface area contributed by atoms with E-state index in [1.54, 1.807) is 18.5 Å². The Morgan fingerprint density at radius 3 is 2.76 bits per heavy atom. The molecule has 1 aromatic carbocycles. The van der Waals surface area contributed by atoms with Gasteiger partial charge in [-0.1, -0.05) is 11.6 Å². The number of rotatable bonds is 2. The van der Waals surface area contributed by atoms with Crippen molar-refractivity contribution in [2.45, 2.75) is 13.8 Å². The van der Waals surface area contributed by atoms with Gasteiger partial charge in [0.1, 0.15) is 0 Å². The number of anilines is 1. The highest BCUT2D eigenvalue weighted by molar-refractivity contribution is 6.12. The molecule has 0 aliphatic carbocycles. The third kappa shape index (κ3) is 2.74. The van der Waals surface area contributed by atoms with Crippen molar-refractivity contribution in [1.82, 2.24) is 9.97 Å². The lowest BCUT2D eigenvalue weighted by Crippen LogP contribution is -2.13. The molecular weight excluding hydrogens is 262 g/mol. The Kier molecular flexibility index (Phi) is 3.36. The summed E-state index contributed by atoms with van der Waals surface area (Å²) >= 11 is 0. The number of fused-ring (bicyclic) bond motifs is 1. The minimum absolute atomic E-state index is 0.149. The highest BCUT2D eigenvalue weighted by Crippen LogP contribution is 2.21. The van der Waals surface area contributed by atoms with Crippen molar-refractivity contribution in [3.63, 3.8) is 0 Å². The van der Waals surface area contributed by atoms with Crippen LogP contribution < -0.4 is 5.32 Å². The molecule has 3 aromatic rings. The van der Waals surface area contributed by atoms with Crippen LogP contribution >= 0.6 is 0 Å². The van der Waals surface area contributed by atoms with E-state index in [4.69, 9.17) is 0 Å². The average molecular weight is 277 g/mol. The first-order chi connectivity index (χ1) is 10.1. The topological polar surface area (TPSA) is 54.9 Å². The molecule has 0 saturated heterocycles. The Morgan fingerprint density at radius 1 is 1.14 bits per heavy atom. The second-order valence-electron chi connectivity index (χ2n) is 5.03. The Balaban J connectivity index is 2.06. The summed E-state index contributed by atoms with van der Waals surface area (Å²) in [5.74, 6) is -0.149. The fourth-order valence-corrected chi connectivity index (χ4v) is 2.30. The molecule has 2 heterocycles. The fraction of sp³-hybridized carbons (Fsp3) is 0.118. The van der Waals surface area contributed by atoms with E-state index in [1.165, 1.54) is 0 Å². The fourth-order valence-electron chi connectivity index (χ4n) is 2.30. The molecule has 0 unspecified atom stereocenters. The van der Waals surface area contributed by atoms with E-state index in [1.807, 2.05) is 44.2 Å². The van der Waals surface area contributed by atoms with Crippen LogP contribution in [0.3, 0.4) is 0 Å². The van der Waals surface area contributed by atoms with E-state index in [9.17, 15) is 4.79 Å². The average Bonchev–Trinajstić information content (AvgIpc) is 2.48. The molecule has 4 nitrogen and oxygen atoms in total. The van der Waals surface area contributed by atoms with Crippen molar-refractivity contribution in [3.8, 4) is 0 Å². The molecular formula is C17H15N3O. The van der Waals surface area contributed by atoms with Crippen LogP contribution in [0.15, 0.2) is 48.8 Å². The number of nitrogens with zero attached hydrogens (tertiary/aromatic N) is 2. The van der Waals surface area contributed by atoms with Gasteiger partial charge in [0.15, 0.2) is 0 Å². The van der Waals surface area contributed by atoms with Crippen LogP contribution in [-0.2, 0) is 0 Å². The van der Waals surface area contributed by atoms with Gasteiger partial charge in [-0.2, -0.15) is 0 Å². The molecule has 0 radical (unpaired) electrons. The SMILES string of the molecule is Cc1ccc2nc(C)cc(C(=O)Nc3cccnc3)c2c1. The van der Waals surface area contributed by atoms with Crippen molar-refractivity contribution in [2.75, 3.05) is 5.32 Å². The van der Waals surface area contributed by atoms with Crippen molar-refractivity contribution >= 4 is 22.5 Å². The summed E-state index contributed by atoms with van der Waals surface area (Å²) in [6.07, 6.45) is 3.30. The number of hydrogen-bond acceptors (Lipinski definition) is 3. The molecule has 3 rings (SSSR count). The second-order valence-corrected chi connectivity index (χ2v) is 5.03. The van der Waals surface area contributed by atoms with Gasteiger partial charge in [0, 0.05) is 17.3 Å². The zero-order chi connectivity index (χ0) is 14.8. The third-order valence-corrected chi connectivity index (χ3v) is 3.26. The number of benzene rings is 1.